The summed E-state index contributed by atoms with van der Waals surface area (Å²) in [6, 6.07) is 0. The minimum atomic E-state index is -1.72. The number of ether oxygens (including phenoxy) is 1. The molecule has 0 amide bonds. The van der Waals surface area contributed by atoms with Crippen LogP contribution >= 0.6 is 0 Å². The smallest absolute Gasteiger partial charge is 0.330 e. The molecule has 0 aromatic rings. The van der Waals surface area contributed by atoms with Gasteiger partial charge in [0.1, 0.15) is 0 Å². The van der Waals surface area contributed by atoms with Crippen LogP contribution in [0.5, 0.6) is 0 Å². The highest BCUT2D eigenvalue weighted by molar-refractivity contribution is 6.74. The molecule has 0 unspecified atom stereocenters. The molecule has 0 aromatic carbocycles. The number of hydrogen-bond acceptors (Lipinski definition) is 3. The third-order valence-corrected chi connectivity index (χ3v) is 8.27. The van der Waals surface area contributed by atoms with E-state index in [1.54, 1.807) is 13.0 Å². The van der Waals surface area contributed by atoms with Crippen molar-refractivity contribution in [2.45, 2.75) is 59.7 Å². The molecule has 0 rings (SSSR count). The van der Waals surface area contributed by atoms with Crippen LogP contribution in [0.15, 0.2) is 24.3 Å². The van der Waals surface area contributed by atoms with Crippen LogP contribution in [-0.4, -0.2) is 27.5 Å². The van der Waals surface area contributed by atoms with E-state index < -0.39 is 8.32 Å². The lowest BCUT2D eigenvalue weighted by molar-refractivity contribution is -0.137. The number of carbonyl (C=O) groups excluding carboxylic acids is 1. The average molecular weight is 313 g/mol. The van der Waals surface area contributed by atoms with Gasteiger partial charge in [-0.25, -0.2) is 4.79 Å². The topological polar surface area (TPSA) is 35.5 Å². The van der Waals surface area contributed by atoms with Crippen molar-refractivity contribution in [2.75, 3.05) is 13.2 Å². The van der Waals surface area contributed by atoms with Gasteiger partial charge in [0.15, 0.2) is 8.32 Å². The highest BCUT2D eigenvalue weighted by atomic mass is 28.4. The molecule has 0 radical (unpaired) electrons. The van der Waals surface area contributed by atoms with Gasteiger partial charge < -0.3 is 9.16 Å². The number of allylic oxidation sites excluding steroid dienone is 2. The summed E-state index contributed by atoms with van der Waals surface area (Å²) in [7, 11) is -1.72. The van der Waals surface area contributed by atoms with Crippen molar-refractivity contribution >= 4 is 14.3 Å². The Labute approximate surface area is 131 Å². The molecule has 0 fully saturated rings. The van der Waals surface area contributed by atoms with Gasteiger partial charge in [0.25, 0.3) is 0 Å². The molecule has 0 saturated carbocycles. The molecule has 0 aromatic heterocycles. The first-order valence-electron chi connectivity index (χ1n) is 7.58. The monoisotopic (exact) mass is 312 g/mol. The van der Waals surface area contributed by atoms with Crippen molar-refractivity contribution in [3.63, 3.8) is 0 Å². The maximum absolute atomic E-state index is 11.2. The third-order valence-electron chi connectivity index (χ3n) is 3.79. The molecular weight excluding hydrogens is 280 g/mol. The molecule has 122 valence electrons. The van der Waals surface area contributed by atoms with Crippen molar-refractivity contribution in [1.82, 2.24) is 0 Å². The molecule has 0 aliphatic carbocycles. The number of rotatable bonds is 7. The van der Waals surface area contributed by atoms with E-state index in [4.69, 9.17) is 9.16 Å². The lowest BCUT2D eigenvalue weighted by Gasteiger charge is -2.38. The minimum Gasteiger partial charge on any atom is -0.463 e. The summed E-state index contributed by atoms with van der Waals surface area (Å²) in [5.41, 5.74) is -0.0610. The first-order chi connectivity index (χ1) is 9.41. The highest BCUT2D eigenvalue weighted by Crippen LogP contribution is 2.37. The van der Waals surface area contributed by atoms with E-state index in [1.807, 2.05) is 6.08 Å². The quantitative estimate of drug-likeness (QED) is 0.295. The molecule has 0 atom stereocenters. The molecule has 3 nitrogen and oxygen atoms in total. The highest BCUT2D eigenvalue weighted by Gasteiger charge is 2.38. The second-order valence-electron chi connectivity index (χ2n) is 7.51. The summed E-state index contributed by atoms with van der Waals surface area (Å²) < 4.78 is 11.1. The summed E-state index contributed by atoms with van der Waals surface area (Å²) in [5, 5.41) is 0.219. The van der Waals surface area contributed by atoms with E-state index >= 15 is 0 Å². The standard InChI is InChI=1S/C17H32O3Si/c1-9-19-15(18)12-10-11-13-17(5,6)14-20-21(7,8)16(2,3)4/h10-13H,9,14H2,1-8H3/b12-10+,13-11+. The molecule has 21 heavy (non-hydrogen) atoms. The third kappa shape index (κ3) is 8.22. The van der Waals surface area contributed by atoms with E-state index in [-0.39, 0.29) is 16.4 Å². The van der Waals surface area contributed by atoms with Crippen LogP contribution in [0.2, 0.25) is 18.1 Å². The van der Waals surface area contributed by atoms with Gasteiger partial charge in [-0.05, 0) is 25.1 Å². The van der Waals surface area contributed by atoms with Crippen molar-refractivity contribution in [3.8, 4) is 0 Å². The van der Waals surface area contributed by atoms with Gasteiger partial charge in [-0.2, -0.15) is 0 Å². The molecule has 0 N–H and O–H groups in total. The molecule has 0 aliphatic heterocycles. The summed E-state index contributed by atoms with van der Waals surface area (Å²) in [6.45, 7) is 18.4. The zero-order valence-corrected chi connectivity index (χ0v) is 15.9. The zero-order chi connectivity index (χ0) is 16.7. The van der Waals surface area contributed by atoms with Gasteiger partial charge >= 0.3 is 5.97 Å². The Morgan fingerprint density at radius 1 is 1.10 bits per heavy atom. The van der Waals surface area contributed by atoms with E-state index in [2.05, 4.69) is 53.8 Å². The Bertz CT molecular complexity index is 387. The Hall–Kier alpha value is -0.873. The second-order valence-corrected chi connectivity index (χ2v) is 12.3. The lowest BCUT2D eigenvalue weighted by atomic mass is 9.94. The van der Waals surface area contributed by atoms with Crippen LogP contribution in [0.1, 0.15) is 41.5 Å². The van der Waals surface area contributed by atoms with Crippen LogP contribution in [0.25, 0.3) is 0 Å². The normalized spacial score (nSPS) is 14.1. The number of esters is 1. The predicted octanol–water partition coefficient (Wildman–Crippen LogP) is 4.71. The Balaban J connectivity index is 4.48. The fourth-order valence-electron chi connectivity index (χ4n) is 1.27. The molecule has 0 bridgehead atoms. The Kier molecular flexibility index (Phi) is 7.61. The van der Waals surface area contributed by atoms with Gasteiger partial charge in [0, 0.05) is 18.1 Å². The maximum atomic E-state index is 11.2. The number of carbonyl (C=O) groups is 1. The molecule has 0 saturated heterocycles. The van der Waals surface area contributed by atoms with Gasteiger partial charge in [0.2, 0.25) is 0 Å². The van der Waals surface area contributed by atoms with Gasteiger partial charge in [-0.3, -0.25) is 0 Å². The fourth-order valence-corrected chi connectivity index (χ4v) is 2.44. The molecule has 0 aliphatic rings. The van der Waals surface area contributed by atoms with E-state index in [9.17, 15) is 4.79 Å². The van der Waals surface area contributed by atoms with Crippen LogP contribution in [0, 0.1) is 5.41 Å². The largest absolute Gasteiger partial charge is 0.463 e. The molecule has 0 heterocycles. The molecule has 0 spiro atoms. The van der Waals surface area contributed by atoms with E-state index in [0.717, 1.165) is 0 Å². The van der Waals surface area contributed by atoms with Crippen LogP contribution in [0.3, 0.4) is 0 Å². The van der Waals surface area contributed by atoms with Crippen molar-refractivity contribution in [1.29, 1.82) is 0 Å². The van der Waals surface area contributed by atoms with Crippen LogP contribution in [-0.2, 0) is 14.0 Å². The molecule has 4 heteroatoms. The lowest BCUT2D eigenvalue weighted by Crippen LogP contribution is -2.42. The second kappa shape index (κ2) is 7.94. The van der Waals surface area contributed by atoms with E-state index in [1.165, 1.54) is 6.08 Å². The fraction of sp³-hybridized carbons (Fsp3) is 0.706. The summed E-state index contributed by atoms with van der Waals surface area (Å²) >= 11 is 0. The minimum absolute atomic E-state index is 0.0610. The van der Waals surface area contributed by atoms with Crippen molar-refractivity contribution in [2.24, 2.45) is 5.41 Å². The van der Waals surface area contributed by atoms with Gasteiger partial charge in [-0.15, -0.1) is 0 Å². The maximum Gasteiger partial charge on any atom is 0.330 e. The predicted molar refractivity (Wildman–Crippen MR) is 91.8 cm³/mol. The summed E-state index contributed by atoms with van der Waals surface area (Å²) in [4.78, 5) is 11.2. The Morgan fingerprint density at radius 3 is 2.14 bits per heavy atom. The average Bonchev–Trinajstić information content (AvgIpc) is 2.32. The van der Waals surface area contributed by atoms with Gasteiger partial charge in [0.05, 0.1) is 6.61 Å². The van der Waals surface area contributed by atoms with Crippen LogP contribution < -0.4 is 0 Å². The first kappa shape index (κ1) is 20.1. The zero-order valence-electron chi connectivity index (χ0n) is 14.9. The van der Waals surface area contributed by atoms with Crippen molar-refractivity contribution < 1.29 is 14.0 Å². The summed E-state index contributed by atoms with van der Waals surface area (Å²) in [5.74, 6) is -0.308. The number of hydrogen-bond donors (Lipinski definition) is 0. The Morgan fingerprint density at radius 2 is 1.67 bits per heavy atom. The van der Waals surface area contributed by atoms with Crippen molar-refractivity contribution in [3.05, 3.63) is 24.3 Å². The van der Waals surface area contributed by atoms with Crippen LogP contribution in [0.4, 0.5) is 0 Å². The van der Waals surface area contributed by atoms with E-state index in [0.29, 0.717) is 13.2 Å². The van der Waals surface area contributed by atoms with Gasteiger partial charge in [-0.1, -0.05) is 52.8 Å². The first-order valence-corrected chi connectivity index (χ1v) is 10.5. The molecular formula is C17H32O3Si. The SMILES string of the molecule is CCOC(=O)/C=C/C=C/C(C)(C)CO[Si](C)(C)C(C)(C)C. The summed E-state index contributed by atoms with van der Waals surface area (Å²) in [6.07, 6.45) is 7.10.